The Bertz CT molecular complexity index is 824. The van der Waals surface area contributed by atoms with Crippen LogP contribution in [0.5, 0.6) is 5.75 Å². The summed E-state index contributed by atoms with van der Waals surface area (Å²) in [5, 5.41) is 15.3. The number of benzene rings is 2. The number of carbonyl (C=O) groups excluding carboxylic acids is 1. The highest BCUT2D eigenvalue weighted by Crippen LogP contribution is 2.20. The Morgan fingerprint density at radius 1 is 1.28 bits per heavy atom. The van der Waals surface area contributed by atoms with E-state index in [-0.39, 0.29) is 5.57 Å². The third-order valence-electron chi connectivity index (χ3n) is 3.51. The Kier molecular flexibility index (Phi) is 6.44. The second-order valence-corrected chi connectivity index (χ2v) is 5.72. The third kappa shape index (κ3) is 5.27. The Labute approximate surface area is 151 Å². The van der Waals surface area contributed by atoms with Crippen molar-refractivity contribution in [1.82, 2.24) is 5.32 Å². The fourth-order valence-corrected chi connectivity index (χ4v) is 2.21. The molecule has 0 aliphatic heterocycles. The number of hydrogen-bond donors (Lipinski definition) is 2. The molecule has 2 rings (SSSR count). The molecule has 2 aromatic rings. The molecule has 0 heterocycles. The van der Waals surface area contributed by atoms with Crippen LogP contribution < -0.4 is 15.4 Å². The summed E-state index contributed by atoms with van der Waals surface area (Å²) >= 11 is 6.03. The van der Waals surface area contributed by atoms with E-state index in [1.165, 1.54) is 6.20 Å². The lowest BCUT2D eigenvalue weighted by Gasteiger charge is -2.07. The Morgan fingerprint density at radius 3 is 2.60 bits per heavy atom. The van der Waals surface area contributed by atoms with E-state index in [0.29, 0.717) is 17.3 Å². The maximum absolute atomic E-state index is 12.2. The highest BCUT2D eigenvalue weighted by atomic mass is 35.5. The van der Waals surface area contributed by atoms with E-state index in [9.17, 15) is 10.1 Å². The first kappa shape index (κ1) is 18.4. The first-order valence-electron chi connectivity index (χ1n) is 7.57. The lowest BCUT2D eigenvalue weighted by molar-refractivity contribution is -0.112. The van der Waals surface area contributed by atoms with E-state index in [2.05, 4.69) is 10.6 Å². The highest BCUT2D eigenvalue weighted by molar-refractivity contribution is 6.31. The van der Waals surface area contributed by atoms with Crippen LogP contribution in [0.3, 0.4) is 0 Å². The van der Waals surface area contributed by atoms with E-state index in [1.54, 1.807) is 25.3 Å². The van der Waals surface area contributed by atoms with Crippen LogP contribution in [-0.2, 0) is 11.3 Å². The molecule has 128 valence electrons. The molecular weight excluding hydrogens is 338 g/mol. The number of nitriles is 1. The number of nitrogens with zero attached hydrogens (tertiary/aromatic N) is 1. The van der Waals surface area contributed by atoms with Crippen molar-refractivity contribution in [2.75, 3.05) is 12.4 Å². The molecule has 0 saturated heterocycles. The summed E-state index contributed by atoms with van der Waals surface area (Å²) in [5.41, 5.74) is 2.43. The zero-order valence-corrected chi connectivity index (χ0v) is 14.7. The van der Waals surface area contributed by atoms with Gasteiger partial charge in [0.1, 0.15) is 17.4 Å². The van der Waals surface area contributed by atoms with Crippen molar-refractivity contribution in [3.63, 3.8) is 0 Å². The minimum absolute atomic E-state index is 0.0230. The maximum Gasteiger partial charge on any atom is 0.267 e. The van der Waals surface area contributed by atoms with Gasteiger partial charge in [0.05, 0.1) is 7.11 Å². The minimum Gasteiger partial charge on any atom is -0.497 e. The number of anilines is 1. The molecule has 2 N–H and O–H groups in total. The molecule has 5 nitrogen and oxygen atoms in total. The molecule has 0 radical (unpaired) electrons. The van der Waals surface area contributed by atoms with Gasteiger partial charge in [-0.3, -0.25) is 4.79 Å². The van der Waals surface area contributed by atoms with Crippen molar-refractivity contribution in [3.05, 3.63) is 70.4 Å². The van der Waals surface area contributed by atoms with Gasteiger partial charge in [-0.15, -0.1) is 0 Å². The lowest BCUT2D eigenvalue weighted by atomic mass is 10.2. The van der Waals surface area contributed by atoms with Gasteiger partial charge in [-0.1, -0.05) is 29.8 Å². The van der Waals surface area contributed by atoms with Crippen molar-refractivity contribution in [2.45, 2.75) is 13.5 Å². The van der Waals surface area contributed by atoms with E-state index in [1.807, 2.05) is 37.3 Å². The molecule has 25 heavy (non-hydrogen) atoms. The quantitative estimate of drug-likeness (QED) is 0.610. The van der Waals surface area contributed by atoms with Gasteiger partial charge in [-0.2, -0.15) is 5.26 Å². The monoisotopic (exact) mass is 355 g/mol. The number of ether oxygens (including phenoxy) is 1. The molecule has 1 amide bonds. The van der Waals surface area contributed by atoms with Gasteiger partial charge in [-0.25, -0.2) is 0 Å². The first-order chi connectivity index (χ1) is 12.0. The predicted octanol–water partition coefficient (Wildman–Crippen LogP) is 3.79. The number of aryl methyl sites for hydroxylation is 1. The number of methoxy groups -OCH3 is 1. The molecule has 0 aromatic heterocycles. The molecule has 0 atom stereocenters. The summed E-state index contributed by atoms with van der Waals surface area (Å²) in [7, 11) is 1.61. The Hall–Kier alpha value is -2.97. The van der Waals surface area contributed by atoms with Crippen LogP contribution in [0.25, 0.3) is 0 Å². The van der Waals surface area contributed by atoms with Crippen molar-refractivity contribution in [1.29, 1.82) is 5.26 Å². The zero-order valence-electron chi connectivity index (χ0n) is 14.0. The fourth-order valence-electron chi connectivity index (χ4n) is 2.03. The van der Waals surface area contributed by atoms with Crippen LogP contribution >= 0.6 is 11.6 Å². The van der Waals surface area contributed by atoms with Gasteiger partial charge in [0.2, 0.25) is 0 Å². The fraction of sp³-hybridized carbons (Fsp3) is 0.158. The normalized spacial score (nSPS) is 10.7. The summed E-state index contributed by atoms with van der Waals surface area (Å²) in [6.45, 7) is 2.36. The minimum atomic E-state index is -0.496. The highest BCUT2D eigenvalue weighted by Gasteiger charge is 2.09. The van der Waals surface area contributed by atoms with Crippen LogP contribution in [0.15, 0.2) is 54.2 Å². The second-order valence-electron chi connectivity index (χ2n) is 5.32. The van der Waals surface area contributed by atoms with Crippen LogP contribution in [0.1, 0.15) is 11.1 Å². The van der Waals surface area contributed by atoms with E-state index < -0.39 is 5.91 Å². The molecule has 0 bridgehead atoms. The van der Waals surface area contributed by atoms with E-state index in [0.717, 1.165) is 16.9 Å². The Morgan fingerprint density at radius 2 is 2.00 bits per heavy atom. The summed E-state index contributed by atoms with van der Waals surface area (Å²) in [6.07, 6.45) is 1.40. The van der Waals surface area contributed by atoms with Gasteiger partial charge in [0.15, 0.2) is 0 Å². The standard InChI is InChI=1S/C19H18ClN3O2/c1-13-3-6-16(9-18(13)20)23-19(24)15(10-21)12-22-11-14-4-7-17(25-2)8-5-14/h3-9,12,22H,11H2,1-2H3,(H,23,24)/b15-12-. The first-order valence-corrected chi connectivity index (χ1v) is 7.95. The molecule has 0 unspecified atom stereocenters. The van der Waals surface area contributed by atoms with Gasteiger partial charge in [-0.05, 0) is 42.3 Å². The molecule has 2 aromatic carbocycles. The van der Waals surface area contributed by atoms with Gasteiger partial charge < -0.3 is 15.4 Å². The van der Waals surface area contributed by atoms with Crippen LogP contribution in [-0.4, -0.2) is 13.0 Å². The summed E-state index contributed by atoms with van der Waals surface area (Å²) in [5.74, 6) is 0.276. The van der Waals surface area contributed by atoms with E-state index >= 15 is 0 Å². The predicted molar refractivity (Wildman–Crippen MR) is 98.3 cm³/mol. The topological polar surface area (TPSA) is 74.1 Å². The number of rotatable bonds is 6. The Balaban J connectivity index is 1.97. The maximum atomic E-state index is 12.2. The van der Waals surface area contributed by atoms with Gasteiger partial charge in [0, 0.05) is 23.5 Å². The molecule has 0 saturated carbocycles. The second kappa shape index (κ2) is 8.76. The number of hydrogen-bond acceptors (Lipinski definition) is 4. The zero-order chi connectivity index (χ0) is 18.2. The molecule has 6 heteroatoms. The average Bonchev–Trinajstić information content (AvgIpc) is 2.62. The lowest BCUT2D eigenvalue weighted by Crippen LogP contribution is -2.16. The van der Waals surface area contributed by atoms with Crippen molar-refractivity contribution < 1.29 is 9.53 Å². The molecule has 0 spiro atoms. The third-order valence-corrected chi connectivity index (χ3v) is 3.91. The van der Waals surface area contributed by atoms with Crippen molar-refractivity contribution in [2.24, 2.45) is 0 Å². The van der Waals surface area contributed by atoms with Crippen LogP contribution in [0.2, 0.25) is 5.02 Å². The van der Waals surface area contributed by atoms with Crippen molar-refractivity contribution >= 4 is 23.2 Å². The number of halogens is 1. The molecule has 0 fully saturated rings. The summed E-state index contributed by atoms with van der Waals surface area (Å²) in [4.78, 5) is 12.2. The smallest absolute Gasteiger partial charge is 0.267 e. The van der Waals surface area contributed by atoms with E-state index in [4.69, 9.17) is 16.3 Å². The SMILES string of the molecule is COc1ccc(CN/C=C(/C#N)C(=O)Nc2ccc(C)c(Cl)c2)cc1. The molecule has 0 aliphatic rings. The van der Waals surface area contributed by atoms with Crippen molar-refractivity contribution in [3.8, 4) is 11.8 Å². The van der Waals surface area contributed by atoms with Gasteiger partial charge in [0.25, 0.3) is 5.91 Å². The van der Waals surface area contributed by atoms with Crippen LogP contribution in [0.4, 0.5) is 5.69 Å². The summed E-state index contributed by atoms with van der Waals surface area (Å²) in [6, 6.07) is 14.6. The number of amides is 1. The average molecular weight is 356 g/mol. The molecular formula is C19H18ClN3O2. The number of carbonyl (C=O) groups is 1. The largest absolute Gasteiger partial charge is 0.497 e. The van der Waals surface area contributed by atoms with Crippen LogP contribution in [0, 0.1) is 18.3 Å². The number of nitrogens with one attached hydrogen (secondary N) is 2. The molecule has 0 aliphatic carbocycles. The summed E-state index contributed by atoms with van der Waals surface area (Å²) < 4.78 is 5.10. The van der Waals surface area contributed by atoms with Gasteiger partial charge >= 0.3 is 0 Å².